The molecule has 0 saturated heterocycles. The fourth-order valence-electron chi connectivity index (χ4n) is 3.30. The maximum atomic E-state index is 12.9. The van der Waals surface area contributed by atoms with Crippen LogP contribution in [-0.4, -0.2) is 41.7 Å². The molecule has 3 rings (SSSR count). The lowest BCUT2D eigenvalue weighted by Crippen LogP contribution is -2.22. The molecule has 160 valence electrons. The van der Waals surface area contributed by atoms with Crippen molar-refractivity contribution in [3.05, 3.63) is 77.5 Å². The number of aliphatic hydroxyl groups is 1. The van der Waals surface area contributed by atoms with Gasteiger partial charge in [-0.05, 0) is 31.5 Å². The summed E-state index contributed by atoms with van der Waals surface area (Å²) in [5.74, 6) is 0.160. The molecule has 1 heterocycles. The molecule has 0 saturated carbocycles. The first-order valence-electron chi connectivity index (χ1n) is 10.1. The number of rotatable bonds is 8. The van der Waals surface area contributed by atoms with Crippen LogP contribution in [0.2, 0.25) is 0 Å². The Labute approximate surface area is 181 Å². The second-order valence-corrected chi connectivity index (χ2v) is 6.74. The van der Waals surface area contributed by atoms with Gasteiger partial charge in [-0.3, -0.25) is 4.99 Å². The largest absolute Gasteiger partial charge is 0.462 e. The third-order valence-electron chi connectivity index (χ3n) is 4.59. The summed E-state index contributed by atoms with van der Waals surface area (Å²) in [4.78, 5) is 21.9. The standard InChI is InChI=1S/C24H26N4O3/c1-3-31-24(30)19-16(2)27-23(28-18-12-8-5-9-13-18)21(22(25)26-14-15-29)20(19)17-10-6-4-7-11-17/h4-13,29H,3,14-15H2,1-2H3,(H2,25,26)(H,27,28). The molecule has 0 radical (unpaired) electrons. The van der Waals surface area contributed by atoms with Crippen molar-refractivity contribution < 1.29 is 14.6 Å². The van der Waals surface area contributed by atoms with E-state index in [2.05, 4.69) is 15.3 Å². The minimum atomic E-state index is -0.478. The maximum Gasteiger partial charge on any atom is 0.340 e. The molecular weight excluding hydrogens is 392 g/mol. The number of carbonyl (C=O) groups is 1. The molecule has 0 spiro atoms. The Morgan fingerprint density at radius 3 is 2.35 bits per heavy atom. The lowest BCUT2D eigenvalue weighted by Gasteiger charge is -2.20. The van der Waals surface area contributed by atoms with E-state index in [0.717, 1.165) is 11.3 Å². The summed E-state index contributed by atoms with van der Waals surface area (Å²) in [6, 6.07) is 19.0. The van der Waals surface area contributed by atoms with Gasteiger partial charge in [0.05, 0.1) is 36.6 Å². The average Bonchev–Trinajstić information content (AvgIpc) is 2.78. The number of nitrogens with zero attached hydrogens (tertiary/aromatic N) is 2. The highest BCUT2D eigenvalue weighted by atomic mass is 16.5. The summed E-state index contributed by atoms with van der Waals surface area (Å²) in [5, 5.41) is 12.5. The molecule has 0 unspecified atom stereocenters. The first kappa shape index (κ1) is 22.0. The van der Waals surface area contributed by atoms with Gasteiger partial charge in [0.15, 0.2) is 0 Å². The van der Waals surface area contributed by atoms with Crippen LogP contribution in [0.5, 0.6) is 0 Å². The zero-order valence-electron chi connectivity index (χ0n) is 17.6. The third kappa shape index (κ3) is 5.07. The first-order valence-corrected chi connectivity index (χ1v) is 10.1. The number of hydrogen-bond donors (Lipinski definition) is 3. The fourth-order valence-corrected chi connectivity index (χ4v) is 3.30. The summed E-state index contributed by atoms with van der Waals surface area (Å²) >= 11 is 0. The van der Waals surface area contributed by atoms with Gasteiger partial charge in [0.2, 0.25) is 0 Å². The number of anilines is 2. The fraction of sp³-hybridized carbons (Fsp3) is 0.208. The number of hydrogen-bond acceptors (Lipinski definition) is 6. The Bertz CT molecular complexity index is 1070. The number of pyridine rings is 1. The Morgan fingerprint density at radius 2 is 1.74 bits per heavy atom. The molecular formula is C24H26N4O3. The number of amidine groups is 1. The molecule has 0 aliphatic rings. The second-order valence-electron chi connectivity index (χ2n) is 6.74. The van der Waals surface area contributed by atoms with E-state index in [9.17, 15) is 9.90 Å². The summed E-state index contributed by atoms with van der Waals surface area (Å²) < 4.78 is 5.32. The van der Waals surface area contributed by atoms with Crippen molar-refractivity contribution in [3.8, 4) is 11.1 Å². The zero-order valence-corrected chi connectivity index (χ0v) is 17.6. The van der Waals surface area contributed by atoms with Crippen LogP contribution in [0.25, 0.3) is 11.1 Å². The smallest absolute Gasteiger partial charge is 0.340 e. The number of esters is 1. The monoisotopic (exact) mass is 418 g/mol. The second kappa shape index (κ2) is 10.4. The number of nitrogens with one attached hydrogen (secondary N) is 1. The number of ether oxygens (including phenoxy) is 1. The van der Waals surface area contributed by atoms with E-state index in [4.69, 9.17) is 10.5 Å². The van der Waals surface area contributed by atoms with E-state index in [1.54, 1.807) is 13.8 Å². The van der Waals surface area contributed by atoms with Gasteiger partial charge >= 0.3 is 5.97 Å². The van der Waals surface area contributed by atoms with E-state index >= 15 is 0 Å². The SMILES string of the molecule is CCOC(=O)c1c(C)nc(Nc2ccccc2)c(C(N)=NCCO)c1-c1ccccc1. The lowest BCUT2D eigenvalue weighted by molar-refractivity contribution is 0.0526. The lowest BCUT2D eigenvalue weighted by atomic mass is 9.93. The molecule has 0 aliphatic carbocycles. The molecule has 2 aromatic carbocycles. The average molecular weight is 418 g/mol. The van der Waals surface area contributed by atoms with Crippen molar-refractivity contribution >= 4 is 23.3 Å². The number of benzene rings is 2. The predicted molar refractivity (Wildman–Crippen MR) is 123 cm³/mol. The van der Waals surface area contributed by atoms with Crippen molar-refractivity contribution in [3.63, 3.8) is 0 Å². The van der Waals surface area contributed by atoms with Gasteiger partial charge in [-0.25, -0.2) is 9.78 Å². The quantitative estimate of drug-likeness (QED) is 0.292. The van der Waals surface area contributed by atoms with Crippen LogP contribution in [0.15, 0.2) is 65.7 Å². The molecule has 7 heteroatoms. The molecule has 0 fully saturated rings. The van der Waals surface area contributed by atoms with Crippen LogP contribution >= 0.6 is 0 Å². The van der Waals surface area contributed by atoms with Crippen LogP contribution < -0.4 is 11.1 Å². The summed E-state index contributed by atoms with van der Waals surface area (Å²) in [6.45, 7) is 3.74. The predicted octanol–water partition coefficient (Wildman–Crippen LogP) is 3.67. The van der Waals surface area contributed by atoms with Crippen molar-refractivity contribution in [1.82, 2.24) is 4.98 Å². The first-order chi connectivity index (χ1) is 15.1. The van der Waals surface area contributed by atoms with Gasteiger partial charge in [-0.1, -0.05) is 48.5 Å². The minimum absolute atomic E-state index is 0.132. The maximum absolute atomic E-state index is 12.9. The Balaban J connectivity index is 2.34. The van der Waals surface area contributed by atoms with Gasteiger partial charge in [0, 0.05) is 11.3 Å². The van der Waals surface area contributed by atoms with Crippen LogP contribution in [0.4, 0.5) is 11.5 Å². The molecule has 0 aliphatic heterocycles. The Morgan fingerprint density at radius 1 is 1.10 bits per heavy atom. The normalized spacial score (nSPS) is 11.3. The van der Waals surface area contributed by atoms with E-state index in [1.165, 1.54) is 0 Å². The molecule has 7 nitrogen and oxygen atoms in total. The molecule has 1 aromatic heterocycles. The number of nitrogens with two attached hydrogens (primary N) is 1. The molecule has 31 heavy (non-hydrogen) atoms. The van der Waals surface area contributed by atoms with E-state index < -0.39 is 5.97 Å². The van der Waals surface area contributed by atoms with Crippen LogP contribution in [0.1, 0.15) is 28.5 Å². The topological polar surface area (TPSA) is 110 Å². The number of aliphatic imine (C=N–C) groups is 1. The van der Waals surface area contributed by atoms with E-state index in [-0.39, 0.29) is 25.6 Å². The highest BCUT2D eigenvalue weighted by Gasteiger charge is 2.26. The number of aryl methyl sites for hydroxylation is 1. The zero-order chi connectivity index (χ0) is 22.2. The molecule has 0 atom stereocenters. The van der Waals surface area contributed by atoms with Crippen LogP contribution in [-0.2, 0) is 4.74 Å². The molecule has 4 N–H and O–H groups in total. The third-order valence-corrected chi connectivity index (χ3v) is 4.59. The number of carbonyl (C=O) groups excluding carboxylic acids is 1. The molecule has 0 bridgehead atoms. The summed E-state index contributed by atoms with van der Waals surface area (Å²) in [5.41, 5.74) is 9.89. The van der Waals surface area contributed by atoms with E-state index in [1.807, 2.05) is 60.7 Å². The van der Waals surface area contributed by atoms with Crippen molar-refractivity contribution in [1.29, 1.82) is 0 Å². The molecule has 3 aromatic rings. The van der Waals surface area contributed by atoms with Crippen molar-refractivity contribution in [2.24, 2.45) is 10.7 Å². The Kier molecular flexibility index (Phi) is 7.35. The van der Waals surface area contributed by atoms with E-state index in [0.29, 0.717) is 28.2 Å². The number of aromatic nitrogens is 1. The van der Waals surface area contributed by atoms with Gasteiger partial charge < -0.3 is 20.9 Å². The van der Waals surface area contributed by atoms with Gasteiger partial charge in [-0.2, -0.15) is 0 Å². The van der Waals surface area contributed by atoms with Gasteiger partial charge in [0.1, 0.15) is 11.7 Å². The minimum Gasteiger partial charge on any atom is -0.462 e. The van der Waals surface area contributed by atoms with Gasteiger partial charge in [-0.15, -0.1) is 0 Å². The number of aliphatic hydroxyl groups excluding tert-OH is 1. The van der Waals surface area contributed by atoms with Crippen molar-refractivity contribution in [2.75, 3.05) is 25.1 Å². The summed E-state index contributed by atoms with van der Waals surface area (Å²) in [7, 11) is 0. The van der Waals surface area contributed by atoms with Crippen LogP contribution in [0.3, 0.4) is 0 Å². The number of para-hydroxylation sites is 1. The molecule has 0 amide bonds. The Hall–Kier alpha value is -3.71. The van der Waals surface area contributed by atoms with Gasteiger partial charge in [0.25, 0.3) is 0 Å². The highest BCUT2D eigenvalue weighted by Crippen LogP contribution is 2.35. The highest BCUT2D eigenvalue weighted by molar-refractivity contribution is 6.13. The van der Waals surface area contributed by atoms with Crippen molar-refractivity contribution in [2.45, 2.75) is 13.8 Å². The van der Waals surface area contributed by atoms with Crippen LogP contribution in [0, 0.1) is 6.92 Å². The summed E-state index contributed by atoms with van der Waals surface area (Å²) in [6.07, 6.45) is 0.